The first-order valence-electron chi connectivity index (χ1n) is 10.6. The molecule has 1 saturated heterocycles. The number of nitrogens with one attached hydrogen (secondary N) is 1. The molecule has 1 aliphatic heterocycles. The number of carbonyl (C=O) groups excluding carboxylic acids is 1. The third-order valence-electron chi connectivity index (χ3n) is 5.80. The number of hydrogen-bond donors (Lipinski definition) is 1. The van der Waals surface area contributed by atoms with E-state index in [4.69, 9.17) is 0 Å². The number of piperazine rings is 1. The number of rotatable bonds is 4. The molecule has 0 saturated carbocycles. The predicted molar refractivity (Wildman–Crippen MR) is 121 cm³/mol. The summed E-state index contributed by atoms with van der Waals surface area (Å²) in [5.41, 5.74) is -0.639. The van der Waals surface area contributed by atoms with Gasteiger partial charge >= 0.3 is 6.18 Å². The number of benzene rings is 2. The van der Waals surface area contributed by atoms with E-state index in [0.29, 0.717) is 29.5 Å². The van der Waals surface area contributed by atoms with Gasteiger partial charge in [0.2, 0.25) is 0 Å². The van der Waals surface area contributed by atoms with E-state index >= 15 is 0 Å². The molecule has 0 atom stereocenters. The van der Waals surface area contributed by atoms with Gasteiger partial charge < -0.3 is 15.1 Å². The molecule has 0 bridgehead atoms. The number of likely N-dealkylation sites (N-methyl/N-ethyl adjacent to an activating group) is 1. The molecule has 2 heterocycles. The molecule has 1 amide bonds. The zero-order chi connectivity index (χ0) is 23.8. The predicted octanol–water partition coefficient (Wildman–Crippen LogP) is 3.44. The number of aromatic nitrogens is 2. The maximum absolute atomic E-state index is 13.4. The third-order valence-corrected chi connectivity index (χ3v) is 5.80. The molecule has 4 rings (SSSR count). The maximum atomic E-state index is 13.4. The summed E-state index contributed by atoms with van der Waals surface area (Å²) in [5.74, 6) is -0.678. The number of carbonyl (C=O) groups is 1. The molecule has 10 heteroatoms. The Morgan fingerprint density at radius 2 is 1.73 bits per heavy atom. The maximum Gasteiger partial charge on any atom is 0.416 e. The molecule has 7 nitrogen and oxygen atoms in total. The minimum absolute atomic E-state index is 0.0196. The highest BCUT2D eigenvalue weighted by Crippen LogP contribution is 2.36. The Morgan fingerprint density at radius 3 is 2.36 bits per heavy atom. The van der Waals surface area contributed by atoms with Crippen LogP contribution in [0.4, 0.5) is 24.5 Å². The molecular formula is C23H24F3N5O2. The molecule has 1 N–H and O–H groups in total. The molecule has 0 aliphatic carbocycles. The van der Waals surface area contributed by atoms with Gasteiger partial charge in [0.25, 0.3) is 11.5 Å². The van der Waals surface area contributed by atoms with Crippen LogP contribution < -0.4 is 15.8 Å². The molecule has 0 radical (unpaired) electrons. The summed E-state index contributed by atoms with van der Waals surface area (Å²) in [6.45, 7) is 4.71. The molecular weight excluding hydrogens is 435 g/mol. The zero-order valence-electron chi connectivity index (χ0n) is 18.3. The van der Waals surface area contributed by atoms with E-state index in [1.807, 2.05) is 11.9 Å². The highest BCUT2D eigenvalue weighted by atomic mass is 19.4. The Bertz CT molecular complexity index is 1250. The normalized spacial score (nSPS) is 15.1. The van der Waals surface area contributed by atoms with Crippen LogP contribution in [0.25, 0.3) is 10.8 Å². The van der Waals surface area contributed by atoms with Gasteiger partial charge in [0, 0.05) is 38.1 Å². The van der Waals surface area contributed by atoms with Crippen molar-refractivity contribution in [2.45, 2.75) is 19.6 Å². The van der Waals surface area contributed by atoms with Gasteiger partial charge in [-0.3, -0.25) is 9.59 Å². The fraction of sp³-hybridized carbons (Fsp3) is 0.348. The first-order chi connectivity index (χ1) is 15.7. The first kappa shape index (κ1) is 22.8. The number of alkyl halides is 3. The number of hydrogen-bond acceptors (Lipinski definition) is 5. The Hall–Kier alpha value is -3.40. The van der Waals surface area contributed by atoms with Gasteiger partial charge in [-0.1, -0.05) is 18.2 Å². The number of halogens is 3. The van der Waals surface area contributed by atoms with Crippen molar-refractivity contribution in [1.82, 2.24) is 14.7 Å². The summed E-state index contributed by atoms with van der Waals surface area (Å²) in [5, 5.41) is 7.49. The van der Waals surface area contributed by atoms with Gasteiger partial charge in [-0.05, 0) is 38.2 Å². The minimum atomic E-state index is -4.56. The zero-order valence-corrected chi connectivity index (χ0v) is 18.3. The summed E-state index contributed by atoms with van der Waals surface area (Å²) >= 11 is 0. The fourth-order valence-corrected chi connectivity index (χ4v) is 3.93. The molecule has 2 aromatic carbocycles. The average Bonchev–Trinajstić information content (AvgIpc) is 2.79. The fourth-order valence-electron chi connectivity index (χ4n) is 3.93. The molecule has 0 unspecified atom stereocenters. The Morgan fingerprint density at radius 1 is 1.06 bits per heavy atom. The van der Waals surface area contributed by atoms with Crippen LogP contribution in [0.1, 0.15) is 23.0 Å². The molecule has 3 aromatic rings. The van der Waals surface area contributed by atoms with Crippen LogP contribution in [0.3, 0.4) is 0 Å². The average molecular weight is 459 g/mol. The standard InChI is InChI=1S/C23H24F3N5O2/c1-3-31-22(33)17-7-5-4-6-16(17)20(28-31)21(32)27-18-14-15(23(24,25)26)8-9-19(18)30-12-10-29(2)11-13-30/h4-9,14H,3,10-13H2,1-2H3,(H,27,32). The van der Waals surface area contributed by atoms with Crippen molar-refractivity contribution < 1.29 is 18.0 Å². The van der Waals surface area contributed by atoms with E-state index in [0.717, 1.165) is 25.2 Å². The quantitative estimate of drug-likeness (QED) is 0.647. The smallest absolute Gasteiger partial charge is 0.367 e. The third kappa shape index (κ3) is 4.56. The second kappa shape index (κ2) is 8.86. The number of fused-ring (bicyclic) bond motifs is 1. The summed E-state index contributed by atoms with van der Waals surface area (Å²) in [4.78, 5) is 29.9. The van der Waals surface area contributed by atoms with Gasteiger partial charge in [-0.25, -0.2) is 4.68 Å². The van der Waals surface area contributed by atoms with Crippen LogP contribution in [0.2, 0.25) is 0 Å². The molecule has 1 aromatic heterocycles. The minimum Gasteiger partial charge on any atom is -0.367 e. The van der Waals surface area contributed by atoms with Crippen molar-refractivity contribution in [2.24, 2.45) is 0 Å². The van der Waals surface area contributed by atoms with Crippen LogP contribution in [0, 0.1) is 0 Å². The van der Waals surface area contributed by atoms with Gasteiger partial charge in [-0.15, -0.1) is 0 Å². The van der Waals surface area contributed by atoms with Crippen LogP contribution in [-0.2, 0) is 12.7 Å². The first-order valence-corrected chi connectivity index (χ1v) is 10.6. The van der Waals surface area contributed by atoms with E-state index in [9.17, 15) is 22.8 Å². The monoisotopic (exact) mass is 459 g/mol. The van der Waals surface area contributed by atoms with Gasteiger partial charge in [0.05, 0.1) is 22.3 Å². The highest BCUT2D eigenvalue weighted by molar-refractivity contribution is 6.12. The van der Waals surface area contributed by atoms with E-state index in [-0.39, 0.29) is 23.5 Å². The molecule has 1 fully saturated rings. The highest BCUT2D eigenvalue weighted by Gasteiger charge is 2.32. The van der Waals surface area contributed by atoms with Gasteiger partial charge in [-0.2, -0.15) is 18.3 Å². The second-order valence-corrected chi connectivity index (χ2v) is 7.99. The van der Waals surface area contributed by atoms with Crippen LogP contribution in [0.15, 0.2) is 47.3 Å². The van der Waals surface area contributed by atoms with Crippen LogP contribution in [-0.4, -0.2) is 53.8 Å². The summed E-state index contributed by atoms with van der Waals surface area (Å²) < 4.78 is 41.4. The van der Waals surface area contributed by atoms with Crippen LogP contribution >= 0.6 is 0 Å². The Balaban J connectivity index is 1.77. The second-order valence-electron chi connectivity index (χ2n) is 7.99. The van der Waals surface area contributed by atoms with Crippen molar-refractivity contribution >= 4 is 28.1 Å². The van der Waals surface area contributed by atoms with E-state index < -0.39 is 17.6 Å². The van der Waals surface area contributed by atoms with Crippen molar-refractivity contribution in [3.05, 3.63) is 64.1 Å². The number of anilines is 2. The van der Waals surface area contributed by atoms with Crippen molar-refractivity contribution in [3.63, 3.8) is 0 Å². The van der Waals surface area contributed by atoms with Crippen molar-refractivity contribution in [1.29, 1.82) is 0 Å². The molecule has 174 valence electrons. The van der Waals surface area contributed by atoms with Crippen molar-refractivity contribution in [2.75, 3.05) is 43.4 Å². The summed E-state index contributed by atoms with van der Waals surface area (Å²) in [7, 11) is 1.98. The molecule has 1 aliphatic rings. The SMILES string of the molecule is CCn1nc(C(=O)Nc2cc(C(F)(F)F)ccc2N2CCN(C)CC2)c2ccccc2c1=O. The largest absolute Gasteiger partial charge is 0.416 e. The number of nitrogens with zero attached hydrogens (tertiary/aromatic N) is 4. The van der Waals surface area contributed by atoms with E-state index in [2.05, 4.69) is 15.3 Å². The summed E-state index contributed by atoms with van der Waals surface area (Å²) in [6.07, 6.45) is -4.56. The van der Waals surface area contributed by atoms with Crippen LogP contribution in [0.5, 0.6) is 0 Å². The Labute approximate surface area is 188 Å². The van der Waals surface area contributed by atoms with E-state index in [1.165, 1.54) is 10.7 Å². The number of aryl methyl sites for hydroxylation is 1. The lowest BCUT2D eigenvalue weighted by atomic mass is 10.1. The summed E-state index contributed by atoms with van der Waals surface area (Å²) in [6, 6.07) is 9.93. The molecule has 33 heavy (non-hydrogen) atoms. The van der Waals surface area contributed by atoms with Gasteiger partial charge in [0.15, 0.2) is 5.69 Å². The lowest BCUT2D eigenvalue weighted by Gasteiger charge is -2.35. The number of amides is 1. The molecule has 0 spiro atoms. The van der Waals surface area contributed by atoms with Crippen molar-refractivity contribution in [3.8, 4) is 0 Å². The Kier molecular flexibility index (Phi) is 6.11. The topological polar surface area (TPSA) is 70.5 Å². The van der Waals surface area contributed by atoms with Gasteiger partial charge in [0.1, 0.15) is 0 Å². The van der Waals surface area contributed by atoms with E-state index in [1.54, 1.807) is 31.2 Å². The lowest BCUT2D eigenvalue weighted by Crippen LogP contribution is -2.44. The lowest BCUT2D eigenvalue weighted by molar-refractivity contribution is -0.137.